The van der Waals surface area contributed by atoms with Crippen molar-refractivity contribution in [1.82, 2.24) is 14.5 Å². The average molecular weight is 462 g/mol. The van der Waals surface area contributed by atoms with Crippen LogP contribution in [-0.2, 0) is 0 Å². The van der Waals surface area contributed by atoms with E-state index in [1.54, 1.807) is 41.4 Å². The fourth-order valence-electron chi connectivity index (χ4n) is 4.38. The molecule has 0 radical (unpaired) electrons. The lowest BCUT2D eigenvalue weighted by molar-refractivity contribution is -0.384. The Kier molecular flexibility index (Phi) is 5.70. The van der Waals surface area contributed by atoms with Gasteiger partial charge in [-0.2, -0.15) is 0 Å². The molecule has 3 aromatic rings. The molecule has 0 spiro atoms. The maximum atomic E-state index is 13.0. The first-order valence-electron chi connectivity index (χ1n) is 11.0. The summed E-state index contributed by atoms with van der Waals surface area (Å²) in [6, 6.07) is 9.64. The van der Waals surface area contributed by atoms with Crippen molar-refractivity contribution in [3.05, 3.63) is 76.4 Å². The second-order valence-electron chi connectivity index (χ2n) is 8.22. The standard InChI is InChI=1S/C24H22N4O6/c29-23(17-2-4-21-22(14-17)34-12-11-33-21)16-5-8-26(9-6-16)24(30)18-1-3-19(20(13-18)28(31)32)27-10-7-25-15-27/h1-4,7,10,13-16H,5-6,8-9,11-12H2. The van der Waals surface area contributed by atoms with Crippen LogP contribution >= 0.6 is 0 Å². The number of Topliss-reactive ketones (excluding diaryl/α,β-unsaturated/α-hetero) is 1. The van der Waals surface area contributed by atoms with Gasteiger partial charge in [0.05, 0.1) is 11.3 Å². The molecule has 10 heteroatoms. The van der Waals surface area contributed by atoms with Gasteiger partial charge in [0.2, 0.25) is 0 Å². The maximum Gasteiger partial charge on any atom is 0.294 e. The van der Waals surface area contributed by atoms with Gasteiger partial charge in [-0.1, -0.05) is 0 Å². The first-order chi connectivity index (χ1) is 16.5. The molecule has 1 aromatic heterocycles. The molecule has 0 unspecified atom stereocenters. The highest BCUT2D eigenvalue weighted by atomic mass is 16.6. The molecule has 0 saturated carbocycles. The largest absolute Gasteiger partial charge is 0.486 e. The van der Waals surface area contributed by atoms with Gasteiger partial charge in [0, 0.05) is 48.6 Å². The molecule has 0 bridgehead atoms. The van der Waals surface area contributed by atoms with Gasteiger partial charge >= 0.3 is 0 Å². The summed E-state index contributed by atoms with van der Waals surface area (Å²) >= 11 is 0. The van der Waals surface area contributed by atoms with Crippen LogP contribution in [0.25, 0.3) is 5.69 Å². The number of likely N-dealkylation sites (tertiary alicyclic amines) is 1. The third-order valence-corrected chi connectivity index (χ3v) is 6.18. The number of imidazole rings is 1. The number of benzene rings is 2. The molecule has 0 atom stereocenters. The molecule has 3 heterocycles. The predicted molar refractivity (Wildman–Crippen MR) is 121 cm³/mol. The van der Waals surface area contributed by atoms with Crippen molar-refractivity contribution < 1.29 is 24.0 Å². The molecule has 5 rings (SSSR count). The van der Waals surface area contributed by atoms with E-state index in [1.807, 2.05) is 0 Å². The molecule has 0 N–H and O–H groups in total. The Hall–Kier alpha value is -4.21. The maximum absolute atomic E-state index is 13.0. The minimum Gasteiger partial charge on any atom is -0.486 e. The number of piperidine rings is 1. The van der Waals surface area contributed by atoms with E-state index in [2.05, 4.69) is 4.98 Å². The van der Waals surface area contributed by atoms with Crippen LogP contribution in [0.3, 0.4) is 0 Å². The highest BCUT2D eigenvalue weighted by Crippen LogP contribution is 2.33. The number of aromatic nitrogens is 2. The SMILES string of the molecule is O=C(c1ccc2c(c1)OCCO2)C1CCN(C(=O)c2ccc(-n3ccnc3)c([N+](=O)[O-])c2)CC1. The molecule has 10 nitrogen and oxygen atoms in total. The fraction of sp³-hybridized carbons (Fsp3) is 0.292. The van der Waals surface area contributed by atoms with E-state index in [0.717, 1.165) is 0 Å². The summed E-state index contributed by atoms with van der Waals surface area (Å²) in [5.41, 5.74) is 0.974. The van der Waals surface area contributed by atoms with E-state index in [0.29, 0.717) is 61.9 Å². The summed E-state index contributed by atoms with van der Waals surface area (Å²) in [4.78, 5) is 42.7. The van der Waals surface area contributed by atoms with Gasteiger partial charge in [-0.25, -0.2) is 4.98 Å². The van der Waals surface area contributed by atoms with E-state index >= 15 is 0 Å². The molecule has 174 valence electrons. The number of carbonyl (C=O) groups is 2. The number of carbonyl (C=O) groups excluding carboxylic acids is 2. The van der Waals surface area contributed by atoms with Crippen LogP contribution in [0.2, 0.25) is 0 Å². The molecule has 0 aliphatic carbocycles. The summed E-state index contributed by atoms with van der Waals surface area (Å²) in [6.07, 6.45) is 5.64. The van der Waals surface area contributed by atoms with Gasteiger partial charge in [-0.05, 0) is 43.2 Å². The van der Waals surface area contributed by atoms with Crippen LogP contribution < -0.4 is 9.47 Å². The Morgan fingerprint density at radius 2 is 1.74 bits per heavy atom. The van der Waals surface area contributed by atoms with E-state index in [9.17, 15) is 19.7 Å². The van der Waals surface area contributed by atoms with Gasteiger partial charge in [0.1, 0.15) is 18.9 Å². The van der Waals surface area contributed by atoms with Gasteiger partial charge in [0.25, 0.3) is 11.6 Å². The molecular weight excluding hydrogens is 440 g/mol. The third kappa shape index (κ3) is 4.09. The van der Waals surface area contributed by atoms with Crippen LogP contribution in [0.4, 0.5) is 5.69 Å². The Bertz CT molecular complexity index is 1250. The molecule has 2 aliphatic rings. The third-order valence-electron chi connectivity index (χ3n) is 6.18. The van der Waals surface area contributed by atoms with Crippen molar-refractivity contribution in [2.24, 2.45) is 5.92 Å². The van der Waals surface area contributed by atoms with Crippen molar-refractivity contribution in [1.29, 1.82) is 0 Å². The summed E-state index contributed by atoms with van der Waals surface area (Å²) in [6.45, 7) is 1.74. The summed E-state index contributed by atoms with van der Waals surface area (Å²) in [7, 11) is 0. The number of hydrogen-bond acceptors (Lipinski definition) is 7. The number of nitrogens with zero attached hydrogens (tertiary/aromatic N) is 4. The average Bonchev–Trinajstić information content (AvgIpc) is 3.42. The monoisotopic (exact) mass is 462 g/mol. The number of ketones is 1. The van der Waals surface area contributed by atoms with Crippen molar-refractivity contribution in [2.45, 2.75) is 12.8 Å². The first-order valence-corrected chi connectivity index (χ1v) is 11.0. The summed E-state index contributed by atoms with van der Waals surface area (Å²) in [5.74, 6) is 0.737. The van der Waals surface area contributed by atoms with Gasteiger partial charge in [-0.15, -0.1) is 0 Å². The Balaban J connectivity index is 1.27. The number of nitro groups is 1. The summed E-state index contributed by atoms with van der Waals surface area (Å²) < 4.78 is 12.6. The van der Waals surface area contributed by atoms with Gasteiger partial charge < -0.3 is 18.9 Å². The predicted octanol–water partition coefficient (Wildman–Crippen LogP) is 3.29. The van der Waals surface area contributed by atoms with Gasteiger partial charge in [0.15, 0.2) is 17.3 Å². The highest BCUT2D eigenvalue weighted by Gasteiger charge is 2.30. The van der Waals surface area contributed by atoms with E-state index in [4.69, 9.17) is 9.47 Å². The number of rotatable bonds is 5. The smallest absolute Gasteiger partial charge is 0.294 e. The van der Waals surface area contributed by atoms with Crippen LogP contribution in [0.5, 0.6) is 11.5 Å². The second kappa shape index (κ2) is 8.97. The normalized spacial score (nSPS) is 15.7. The van der Waals surface area contributed by atoms with Gasteiger partial charge in [-0.3, -0.25) is 19.7 Å². The number of amides is 1. The summed E-state index contributed by atoms with van der Waals surface area (Å²) in [5, 5.41) is 11.6. The Morgan fingerprint density at radius 1 is 1.00 bits per heavy atom. The second-order valence-corrected chi connectivity index (χ2v) is 8.22. The van der Waals surface area contributed by atoms with Crippen LogP contribution in [0.15, 0.2) is 55.1 Å². The lowest BCUT2D eigenvalue weighted by Gasteiger charge is -2.31. The Morgan fingerprint density at radius 3 is 2.44 bits per heavy atom. The lowest BCUT2D eigenvalue weighted by Crippen LogP contribution is -2.40. The minimum absolute atomic E-state index is 0.0180. The number of nitro benzene ring substituents is 1. The molecule has 1 fully saturated rings. The van der Waals surface area contributed by atoms with E-state index < -0.39 is 4.92 Å². The first kappa shape index (κ1) is 21.6. The number of hydrogen-bond donors (Lipinski definition) is 0. The van der Waals surface area contributed by atoms with E-state index in [1.165, 1.54) is 23.2 Å². The Labute approximate surface area is 194 Å². The van der Waals surface area contributed by atoms with Crippen LogP contribution in [0.1, 0.15) is 33.6 Å². The zero-order valence-corrected chi connectivity index (χ0v) is 18.3. The molecule has 1 amide bonds. The molecule has 1 saturated heterocycles. The topological polar surface area (TPSA) is 117 Å². The van der Waals surface area contributed by atoms with E-state index in [-0.39, 0.29) is 28.9 Å². The van der Waals surface area contributed by atoms with Crippen LogP contribution in [0, 0.1) is 16.0 Å². The molecule has 2 aromatic carbocycles. The molecule has 34 heavy (non-hydrogen) atoms. The zero-order valence-electron chi connectivity index (χ0n) is 18.3. The van der Waals surface area contributed by atoms with Crippen LogP contribution in [-0.4, -0.2) is 57.4 Å². The van der Waals surface area contributed by atoms with Crippen molar-refractivity contribution in [3.63, 3.8) is 0 Å². The van der Waals surface area contributed by atoms with Crippen molar-refractivity contribution >= 4 is 17.4 Å². The van der Waals surface area contributed by atoms with Crippen molar-refractivity contribution in [2.75, 3.05) is 26.3 Å². The lowest BCUT2D eigenvalue weighted by atomic mass is 9.88. The molecule has 2 aliphatic heterocycles. The number of ether oxygens (including phenoxy) is 2. The fourth-order valence-corrected chi connectivity index (χ4v) is 4.38. The molecular formula is C24H22N4O6. The van der Waals surface area contributed by atoms with Crippen molar-refractivity contribution in [3.8, 4) is 17.2 Å². The highest BCUT2D eigenvalue weighted by molar-refractivity contribution is 5.99. The quantitative estimate of drug-likeness (QED) is 0.324. The minimum atomic E-state index is -0.510. The number of fused-ring (bicyclic) bond motifs is 1. The zero-order chi connectivity index (χ0) is 23.7.